The number of rotatable bonds is 5. The van der Waals surface area contributed by atoms with E-state index in [9.17, 15) is 0 Å². The van der Waals surface area contributed by atoms with Crippen molar-refractivity contribution in [3.63, 3.8) is 0 Å². The monoisotopic (exact) mass is 718 g/mol. The Morgan fingerprint density at radius 2 is 0.929 bits per heavy atom. The Morgan fingerprint density at radius 3 is 1.66 bits per heavy atom. The van der Waals surface area contributed by atoms with E-state index in [2.05, 4.69) is 159 Å². The van der Waals surface area contributed by atoms with E-state index < -0.39 is 0 Å². The lowest BCUT2D eigenvalue weighted by atomic mass is 9.98. The van der Waals surface area contributed by atoms with Gasteiger partial charge in [0.05, 0.1) is 27.8 Å². The molecule has 0 radical (unpaired) electrons. The summed E-state index contributed by atoms with van der Waals surface area (Å²) in [6.45, 7) is 0. The van der Waals surface area contributed by atoms with Crippen LogP contribution in [0.5, 0.6) is 0 Å². The van der Waals surface area contributed by atoms with Crippen molar-refractivity contribution < 1.29 is 8.83 Å². The minimum absolute atomic E-state index is 0.472. The van der Waals surface area contributed by atoms with Gasteiger partial charge in [-0.3, -0.25) is 0 Å². The third-order valence-electron chi connectivity index (χ3n) is 11.1. The number of hydrogen-bond acceptors (Lipinski definition) is 4. The lowest BCUT2D eigenvalue weighted by Crippen LogP contribution is -1.98. The summed E-state index contributed by atoms with van der Waals surface area (Å²) in [7, 11) is 0. The van der Waals surface area contributed by atoms with E-state index >= 15 is 0 Å². The quantitative estimate of drug-likeness (QED) is 0.178. The van der Waals surface area contributed by atoms with Crippen LogP contribution in [0.25, 0.3) is 111 Å². The van der Waals surface area contributed by atoms with Gasteiger partial charge in [-0.1, -0.05) is 109 Å². The minimum atomic E-state index is 0.472. The lowest BCUT2D eigenvalue weighted by Gasteiger charge is -2.15. The number of benzene rings is 8. The average Bonchev–Trinajstić information content (AvgIpc) is 4.05. The maximum atomic E-state index is 6.84. The molecule has 0 bridgehead atoms. The average molecular weight is 719 g/mol. The Morgan fingerprint density at radius 1 is 0.357 bits per heavy atom. The molecule has 8 aromatic carbocycles. The van der Waals surface area contributed by atoms with Crippen LogP contribution >= 0.6 is 0 Å². The second kappa shape index (κ2) is 11.9. The van der Waals surface area contributed by atoms with Crippen LogP contribution in [0.2, 0.25) is 0 Å². The molecule has 6 nitrogen and oxygen atoms in total. The second-order valence-electron chi connectivity index (χ2n) is 14.2. The zero-order valence-corrected chi connectivity index (χ0v) is 29.9. The van der Waals surface area contributed by atoms with Crippen LogP contribution in [0, 0.1) is 0 Å². The summed E-state index contributed by atoms with van der Waals surface area (Å²) in [4.78, 5) is 0. The smallest absolute Gasteiger partial charge is 0.248 e. The SMILES string of the molecule is c1ccc(-c2nnc(-c3cccc(-n4c5ccccc5c5ccc(-c6c(-n7c8ccccc8c8ccccc87)ccc7c6oc6ccccc67)cc54)c3)o2)cc1. The van der Waals surface area contributed by atoms with E-state index in [1.54, 1.807) is 0 Å². The molecular formula is C50H30N4O2. The van der Waals surface area contributed by atoms with Gasteiger partial charge in [0.2, 0.25) is 11.8 Å². The number of para-hydroxylation sites is 4. The highest BCUT2D eigenvalue weighted by molar-refractivity contribution is 6.16. The Labute approximate surface area is 320 Å². The fourth-order valence-electron chi connectivity index (χ4n) is 8.65. The van der Waals surface area contributed by atoms with Gasteiger partial charge >= 0.3 is 0 Å². The summed E-state index contributed by atoms with van der Waals surface area (Å²) in [5, 5.41) is 15.8. The first-order valence-corrected chi connectivity index (χ1v) is 18.7. The van der Waals surface area contributed by atoms with Crippen molar-refractivity contribution in [2.45, 2.75) is 0 Å². The van der Waals surface area contributed by atoms with E-state index in [4.69, 9.17) is 8.83 Å². The van der Waals surface area contributed by atoms with E-state index in [-0.39, 0.29) is 0 Å². The van der Waals surface area contributed by atoms with Crippen LogP contribution in [0.3, 0.4) is 0 Å². The zero-order chi connectivity index (χ0) is 36.7. The second-order valence-corrected chi connectivity index (χ2v) is 14.2. The van der Waals surface area contributed by atoms with Gasteiger partial charge in [0.1, 0.15) is 11.2 Å². The summed E-state index contributed by atoms with van der Waals surface area (Å²) >= 11 is 0. The van der Waals surface area contributed by atoms with Crippen LogP contribution in [0.4, 0.5) is 0 Å². The number of fused-ring (bicyclic) bond motifs is 9. The molecule has 4 heterocycles. The Kier molecular flexibility index (Phi) is 6.53. The van der Waals surface area contributed by atoms with Gasteiger partial charge in [0, 0.05) is 54.7 Å². The van der Waals surface area contributed by atoms with Crippen molar-refractivity contribution in [3.8, 4) is 45.4 Å². The van der Waals surface area contributed by atoms with E-state index in [1.807, 2.05) is 42.5 Å². The summed E-state index contributed by atoms with van der Waals surface area (Å²) in [6.07, 6.45) is 0. The Bertz CT molecular complexity index is 3440. The predicted molar refractivity (Wildman–Crippen MR) is 227 cm³/mol. The fraction of sp³-hybridized carbons (Fsp3) is 0. The molecule has 6 heteroatoms. The molecule has 0 aliphatic heterocycles. The van der Waals surface area contributed by atoms with Crippen molar-refractivity contribution in [2.75, 3.05) is 0 Å². The first kappa shape index (κ1) is 30.7. The van der Waals surface area contributed by atoms with Crippen molar-refractivity contribution in [3.05, 3.63) is 182 Å². The first-order valence-electron chi connectivity index (χ1n) is 18.7. The number of nitrogens with zero attached hydrogens (tertiary/aromatic N) is 4. The van der Waals surface area contributed by atoms with Gasteiger partial charge in [0.25, 0.3) is 0 Å². The molecule has 0 saturated heterocycles. The minimum Gasteiger partial charge on any atom is -0.455 e. The van der Waals surface area contributed by atoms with Crippen LogP contribution in [-0.2, 0) is 0 Å². The van der Waals surface area contributed by atoms with Gasteiger partial charge in [-0.15, -0.1) is 10.2 Å². The molecule has 0 atom stereocenters. The van der Waals surface area contributed by atoms with Crippen LogP contribution in [-0.4, -0.2) is 19.3 Å². The molecule has 0 N–H and O–H groups in total. The molecule has 0 fully saturated rings. The highest BCUT2D eigenvalue weighted by Gasteiger charge is 2.23. The molecule has 12 rings (SSSR count). The van der Waals surface area contributed by atoms with E-state index in [0.717, 1.165) is 83.0 Å². The Hall–Kier alpha value is -7.70. The molecule has 0 aliphatic carbocycles. The maximum absolute atomic E-state index is 6.84. The molecule has 4 aromatic heterocycles. The van der Waals surface area contributed by atoms with Gasteiger partial charge in [-0.2, -0.15) is 0 Å². The lowest BCUT2D eigenvalue weighted by molar-refractivity contribution is 0.584. The summed E-state index contributed by atoms with van der Waals surface area (Å²) in [5.41, 5.74) is 12.1. The molecule has 0 amide bonds. The molecule has 262 valence electrons. The maximum Gasteiger partial charge on any atom is 0.248 e. The summed E-state index contributed by atoms with van der Waals surface area (Å²) in [5.74, 6) is 0.964. The summed E-state index contributed by atoms with van der Waals surface area (Å²) < 4.78 is 17.8. The normalized spacial score (nSPS) is 11.9. The largest absolute Gasteiger partial charge is 0.455 e. The van der Waals surface area contributed by atoms with Crippen molar-refractivity contribution >= 4 is 65.6 Å². The molecule has 0 aliphatic rings. The Balaban J connectivity index is 1.12. The van der Waals surface area contributed by atoms with Crippen molar-refractivity contribution in [2.24, 2.45) is 0 Å². The number of furan rings is 1. The van der Waals surface area contributed by atoms with E-state index in [0.29, 0.717) is 11.8 Å². The predicted octanol–water partition coefficient (Wildman–Crippen LogP) is 13.2. The molecule has 0 spiro atoms. The molecule has 0 unspecified atom stereocenters. The standard InChI is InChI=1S/C50H30N4O2/c1-2-13-31(14-3-1)49-51-52-50(56-49)33-15-12-16-34(29-33)53-41-21-8-4-19-37(41)38-26-25-32(30-45(38)53)47-44(28-27-40-39-20-7-11-24-46(39)55-48(40)47)54-42-22-9-5-17-35(42)36-18-6-10-23-43(36)54/h1-30H. The third kappa shape index (κ3) is 4.50. The van der Waals surface area contributed by atoms with Gasteiger partial charge in [0.15, 0.2) is 0 Å². The van der Waals surface area contributed by atoms with Gasteiger partial charge in [-0.05, 0) is 78.4 Å². The van der Waals surface area contributed by atoms with Crippen LogP contribution in [0.15, 0.2) is 191 Å². The number of hydrogen-bond donors (Lipinski definition) is 0. The fourth-order valence-corrected chi connectivity index (χ4v) is 8.65. The van der Waals surface area contributed by atoms with Crippen LogP contribution in [0.1, 0.15) is 0 Å². The zero-order valence-electron chi connectivity index (χ0n) is 29.9. The van der Waals surface area contributed by atoms with Gasteiger partial charge < -0.3 is 18.0 Å². The highest BCUT2D eigenvalue weighted by atomic mass is 16.4. The van der Waals surface area contributed by atoms with Crippen LogP contribution < -0.4 is 0 Å². The topological polar surface area (TPSA) is 61.9 Å². The number of aromatic nitrogens is 4. The van der Waals surface area contributed by atoms with Crippen molar-refractivity contribution in [1.82, 2.24) is 19.3 Å². The van der Waals surface area contributed by atoms with E-state index in [1.165, 1.54) is 16.2 Å². The highest BCUT2D eigenvalue weighted by Crippen LogP contribution is 2.44. The molecule has 12 aromatic rings. The third-order valence-corrected chi connectivity index (χ3v) is 11.1. The van der Waals surface area contributed by atoms with Crippen molar-refractivity contribution in [1.29, 1.82) is 0 Å². The molecule has 0 saturated carbocycles. The first-order chi connectivity index (χ1) is 27.8. The molecule has 56 heavy (non-hydrogen) atoms. The summed E-state index contributed by atoms with van der Waals surface area (Å²) in [6, 6.07) is 63.7. The van der Waals surface area contributed by atoms with Gasteiger partial charge in [-0.25, -0.2) is 0 Å². The molecular weight excluding hydrogens is 689 g/mol.